The van der Waals surface area contributed by atoms with Gasteiger partial charge in [-0.3, -0.25) is 9.78 Å². The predicted molar refractivity (Wildman–Crippen MR) is 77.1 cm³/mol. The van der Waals surface area contributed by atoms with Gasteiger partial charge in [-0.15, -0.1) is 0 Å². The van der Waals surface area contributed by atoms with Gasteiger partial charge in [0, 0.05) is 13.0 Å². The monoisotopic (exact) mass is 295 g/mol. The Morgan fingerprint density at radius 3 is 2.67 bits per heavy atom. The van der Waals surface area contributed by atoms with E-state index in [1.165, 1.54) is 19.5 Å². The van der Waals surface area contributed by atoms with Crippen molar-refractivity contribution in [2.75, 3.05) is 19.0 Å². The van der Waals surface area contributed by atoms with E-state index in [4.69, 9.17) is 5.11 Å². The lowest BCUT2D eigenvalue weighted by Crippen LogP contribution is -2.20. The van der Waals surface area contributed by atoms with Crippen LogP contribution in [-0.2, 0) is 9.53 Å². The maximum Gasteiger partial charge on any atom is 0.358 e. The lowest BCUT2D eigenvalue weighted by Gasteiger charge is -2.18. The Balaban J connectivity index is 2.66. The van der Waals surface area contributed by atoms with E-state index in [0.29, 0.717) is 18.3 Å². The molecule has 0 saturated heterocycles. The van der Waals surface area contributed by atoms with Gasteiger partial charge >= 0.3 is 11.9 Å². The topological polar surface area (TPSA) is 101 Å². The van der Waals surface area contributed by atoms with Crippen molar-refractivity contribution in [3.63, 3.8) is 0 Å². The van der Waals surface area contributed by atoms with Crippen molar-refractivity contribution >= 4 is 17.8 Å². The Bertz CT molecular complexity index is 491. The van der Waals surface area contributed by atoms with Crippen LogP contribution in [0.25, 0.3) is 0 Å². The summed E-state index contributed by atoms with van der Waals surface area (Å²) >= 11 is 0. The molecule has 0 saturated carbocycles. The van der Waals surface area contributed by atoms with Crippen molar-refractivity contribution in [2.24, 2.45) is 11.8 Å². The summed E-state index contributed by atoms with van der Waals surface area (Å²) in [4.78, 5) is 30.2. The first-order chi connectivity index (χ1) is 9.92. The van der Waals surface area contributed by atoms with Crippen LogP contribution < -0.4 is 5.32 Å². The van der Waals surface area contributed by atoms with Crippen LogP contribution in [0.1, 0.15) is 37.2 Å². The molecule has 1 atom stereocenters. The Kier molecular flexibility index (Phi) is 6.58. The van der Waals surface area contributed by atoms with Crippen LogP contribution in [0.3, 0.4) is 0 Å². The first-order valence-electron chi connectivity index (χ1n) is 6.78. The largest absolute Gasteiger partial charge is 0.481 e. The summed E-state index contributed by atoms with van der Waals surface area (Å²) in [6.45, 7) is 4.56. The van der Waals surface area contributed by atoms with E-state index in [0.717, 1.165) is 6.42 Å². The summed E-state index contributed by atoms with van der Waals surface area (Å²) < 4.78 is 4.58. The summed E-state index contributed by atoms with van der Waals surface area (Å²) in [5.74, 6) is -0.556. The lowest BCUT2D eigenvalue weighted by molar-refractivity contribution is -0.138. The number of carboxylic acids is 1. The number of ether oxygens (including phenoxy) is 1. The molecule has 0 spiro atoms. The quantitative estimate of drug-likeness (QED) is 0.705. The summed E-state index contributed by atoms with van der Waals surface area (Å²) in [5, 5.41) is 12.0. The molecular formula is C14H21N3O4. The second-order valence-electron chi connectivity index (χ2n) is 5.26. The SMILES string of the molecule is COC(=O)c1cncc(NCC(CC(=O)O)CC(C)C)n1. The van der Waals surface area contributed by atoms with Crippen LogP contribution in [-0.4, -0.2) is 40.7 Å². The van der Waals surface area contributed by atoms with Gasteiger partial charge in [-0.1, -0.05) is 13.8 Å². The molecule has 2 N–H and O–H groups in total. The Labute approximate surface area is 123 Å². The summed E-state index contributed by atoms with van der Waals surface area (Å²) in [6.07, 6.45) is 3.69. The van der Waals surface area contributed by atoms with Gasteiger partial charge in [0.05, 0.1) is 19.5 Å². The molecule has 0 aliphatic carbocycles. The van der Waals surface area contributed by atoms with Crippen molar-refractivity contribution < 1.29 is 19.4 Å². The molecular weight excluding hydrogens is 274 g/mol. The average molecular weight is 295 g/mol. The van der Waals surface area contributed by atoms with Crippen LogP contribution in [0.4, 0.5) is 5.82 Å². The van der Waals surface area contributed by atoms with E-state index in [-0.39, 0.29) is 18.0 Å². The number of nitrogens with zero attached hydrogens (tertiary/aromatic N) is 2. The molecule has 0 bridgehead atoms. The molecule has 7 nitrogen and oxygen atoms in total. The van der Waals surface area contributed by atoms with Crippen LogP contribution in [0.15, 0.2) is 12.4 Å². The van der Waals surface area contributed by atoms with Crippen LogP contribution in [0.5, 0.6) is 0 Å². The molecule has 0 aliphatic rings. The van der Waals surface area contributed by atoms with E-state index in [1.54, 1.807) is 0 Å². The number of hydrogen-bond acceptors (Lipinski definition) is 6. The molecule has 0 aliphatic heterocycles. The second-order valence-corrected chi connectivity index (χ2v) is 5.26. The fraction of sp³-hybridized carbons (Fsp3) is 0.571. The zero-order valence-corrected chi connectivity index (χ0v) is 12.5. The van der Waals surface area contributed by atoms with Crippen LogP contribution >= 0.6 is 0 Å². The number of esters is 1. The molecule has 1 heterocycles. The van der Waals surface area contributed by atoms with Crippen LogP contribution in [0, 0.1) is 11.8 Å². The fourth-order valence-corrected chi connectivity index (χ4v) is 2.06. The Morgan fingerprint density at radius 2 is 2.10 bits per heavy atom. The Hall–Kier alpha value is -2.18. The van der Waals surface area contributed by atoms with Gasteiger partial charge in [-0.2, -0.15) is 0 Å². The molecule has 1 aromatic heterocycles. The van der Waals surface area contributed by atoms with Crippen molar-refractivity contribution in [1.29, 1.82) is 0 Å². The minimum atomic E-state index is -0.822. The molecule has 0 radical (unpaired) electrons. The van der Waals surface area contributed by atoms with E-state index < -0.39 is 11.9 Å². The smallest absolute Gasteiger partial charge is 0.358 e. The number of methoxy groups -OCH3 is 1. The standard InChI is InChI=1S/C14H21N3O4/c1-9(2)4-10(5-13(18)19)6-16-12-8-15-7-11(17-12)14(20)21-3/h7-10H,4-6H2,1-3H3,(H,16,17)(H,18,19). The molecule has 1 aromatic rings. The van der Waals surface area contributed by atoms with Gasteiger partial charge in [0.15, 0.2) is 5.69 Å². The number of rotatable bonds is 8. The third-order valence-electron chi connectivity index (χ3n) is 2.87. The third-order valence-corrected chi connectivity index (χ3v) is 2.87. The summed E-state index contributed by atoms with van der Waals surface area (Å²) in [5.41, 5.74) is 0.112. The first-order valence-corrected chi connectivity index (χ1v) is 6.78. The molecule has 1 rings (SSSR count). The number of carbonyl (C=O) groups excluding carboxylic acids is 1. The third kappa shape index (κ3) is 6.20. The maximum atomic E-state index is 11.4. The van der Waals surface area contributed by atoms with Crippen molar-refractivity contribution in [2.45, 2.75) is 26.7 Å². The van der Waals surface area contributed by atoms with Gasteiger partial charge in [0.1, 0.15) is 5.82 Å². The van der Waals surface area contributed by atoms with E-state index in [9.17, 15) is 9.59 Å². The highest BCUT2D eigenvalue weighted by atomic mass is 16.5. The van der Waals surface area contributed by atoms with E-state index in [1.807, 2.05) is 13.8 Å². The van der Waals surface area contributed by atoms with Gasteiger partial charge in [-0.25, -0.2) is 9.78 Å². The number of carbonyl (C=O) groups is 2. The normalized spacial score (nSPS) is 12.0. The van der Waals surface area contributed by atoms with Crippen molar-refractivity contribution in [3.05, 3.63) is 18.1 Å². The van der Waals surface area contributed by atoms with Crippen molar-refractivity contribution in [1.82, 2.24) is 9.97 Å². The highest BCUT2D eigenvalue weighted by Crippen LogP contribution is 2.16. The fourth-order valence-electron chi connectivity index (χ4n) is 2.06. The number of carboxylic acid groups (broad SMARTS) is 1. The molecule has 1 unspecified atom stereocenters. The molecule has 0 amide bonds. The lowest BCUT2D eigenvalue weighted by atomic mass is 9.94. The van der Waals surface area contributed by atoms with Crippen molar-refractivity contribution in [3.8, 4) is 0 Å². The number of aliphatic carboxylic acids is 1. The number of aromatic nitrogens is 2. The highest BCUT2D eigenvalue weighted by Gasteiger charge is 2.15. The molecule has 0 fully saturated rings. The zero-order chi connectivity index (χ0) is 15.8. The van der Waals surface area contributed by atoms with E-state index in [2.05, 4.69) is 20.0 Å². The summed E-state index contributed by atoms with van der Waals surface area (Å²) in [7, 11) is 1.27. The Morgan fingerprint density at radius 1 is 1.38 bits per heavy atom. The first kappa shape index (κ1) is 16.9. The van der Waals surface area contributed by atoms with Gasteiger partial charge in [0.2, 0.25) is 0 Å². The summed E-state index contributed by atoms with van der Waals surface area (Å²) in [6, 6.07) is 0. The highest BCUT2D eigenvalue weighted by molar-refractivity contribution is 5.87. The van der Waals surface area contributed by atoms with Gasteiger partial charge in [-0.05, 0) is 18.3 Å². The second kappa shape index (κ2) is 8.18. The number of anilines is 1. The molecule has 7 heteroatoms. The number of hydrogen-bond donors (Lipinski definition) is 2. The van der Waals surface area contributed by atoms with E-state index >= 15 is 0 Å². The predicted octanol–water partition coefficient (Wildman–Crippen LogP) is 1.81. The molecule has 116 valence electrons. The molecule has 0 aromatic carbocycles. The molecule has 21 heavy (non-hydrogen) atoms. The van der Waals surface area contributed by atoms with Gasteiger partial charge < -0.3 is 15.2 Å². The minimum absolute atomic E-state index is 0.00826. The maximum absolute atomic E-state index is 11.4. The number of nitrogens with one attached hydrogen (secondary N) is 1. The zero-order valence-electron chi connectivity index (χ0n) is 12.5. The van der Waals surface area contributed by atoms with Gasteiger partial charge in [0.25, 0.3) is 0 Å². The van der Waals surface area contributed by atoms with Crippen LogP contribution in [0.2, 0.25) is 0 Å². The average Bonchev–Trinajstić information content (AvgIpc) is 2.43. The minimum Gasteiger partial charge on any atom is -0.481 e.